The molecular weight excluding hydrogens is 348 g/mol. The van der Waals surface area contributed by atoms with E-state index < -0.39 is 0 Å². The number of phenolic OH excluding ortho intramolecular Hbond substituents is 1. The number of nitrogens with one attached hydrogen (secondary N) is 2. The van der Waals surface area contributed by atoms with Crippen molar-refractivity contribution in [1.82, 2.24) is 10.3 Å². The van der Waals surface area contributed by atoms with E-state index in [0.29, 0.717) is 5.52 Å². The van der Waals surface area contributed by atoms with Gasteiger partial charge < -0.3 is 19.8 Å². The predicted molar refractivity (Wildman–Crippen MR) is 106 cm³/mol. The Bertz CT molecular complexity index is 894. The van der Waals surface area contributed by atoms with Crippen molar-refractivity contribution in [1.29, 1.82) is 0 Å². The number of aromatic nitrogens is 1. The molecule has 0 bridgehead atoms. The minimum Gasteiger partial charge on any atom is -0.506 e. The van der Waals surface area contributed by atoms with E-state index in [1.807, 2.05) is 19.1 Å². The van der Waals surface area contributed by atoms with Gasteiger partial charge in [0.05, 0.1) is 4.70 Å². The van der Waals surface area contributed by atoms with Gasteiger partial charge in [-0.05, 0) is 63.0 Å². The maximum Gasteiger partial charge on any atom is 0.305 e. The standard InChI is InChI=1S/C20H26N2O3S/c1-14-7-9-16(25-14)6-4-2-3-5-12-21-13-11-15-8-10-17(23)18-19(15)26-20(24)22-18/h7-10,21,23H,2-6,11-13H2,1H3,(H,22,24). The third kappa shape index (κ3) is 4.99. The van der Waals surface area contributed by atoms with E-state index in [2.05, 4.69) is 16.4 Å². The van der Waals surface area contributed by atoms with Crippen molar-refractivity contribution in [2.45, 2.75) is 45.4 Å². The van der Waals surface area contributed by atoms with Gasteiger partial charge in [0.1, 0.15) is 22.8 Å². The number of phenols is 1. The van der Waals surface area contributed by atoms with Crippen LogP contribution in [0.5, 0.6) is 5.75 Å². The zero-order valence-corrected chi connectivity index (χ0v) is 16.0. The van der Waals surface area contributed by atoms with Crippen molar-refractivity contribution in [2.24, 2.45) is 0 Å². The molecule has 2 heterocycles. The molecule has 0 spiro atoms. The highest BCUT2D eigenvalue weighted by Gasteiger charge is 2.09. The van der Waals surface area contributed by atoms with E-state index in [4.69, 9.17) is 4.42 Å². The normalized spacial score (nSPS) is 11.4. The third-order valence-corrected chi connectivity index (χ3v) is 5.49. The molecular formula is C20H26N2O3S. The molecule has 3 N–H and O–H groups in total. The van der Waals surface area contributed by atoms with Gasteiger partial charge in [0.2, 0.25) is 0 Å². The van der Waals surface area contributed by atoms with E-state index in [1.54, 1.807) is 6.07 Å². The molecule has 2 aromatic heterocycles. The van der Waals surface area contributed by atoms with Gasteiger partial charge in [0.25, 0.3) is 0 Å². The first-order valence-corrected chi connectivity index (χ1v) is 10.0. The first-order chi connectivity index (χ1) is 12.6. The van der Waals surface area contributed by atoms with Crippen LogP contribution in [0.4, 0.5) is 0 Å². The zero-order chi connectivity index (χ0) is 18.4. The van der Waals surface area contributed by atoms with Crippen LogP contribution in [0.15, 0.2) is 33.5 Å². The molecule has 0 aliphatic carbocycles. The smallest absolute Gasteiger partial charge is 0.305 e. The Morgan fingerprint density at radius 1 is 1.08 bits per heavy atom. The average molecular weight is 375 g/mol. The largest absolute Gasteiger partial charge is 0.506 e. The Morgan fingerprint density at radius 2 is 1.92 bits per heavy atom. The number of aryl methyl sites for hydroxylation is 2. The topological polar surface area (TPSA) is 78.3 Å². The summed E-state index contributed by atoms with van der Waals surface area (Å²) in [6.45, 7) is 3.86. The molecule has 1 aromatic carbocycles. The first-order valence-electron chi connectivity index (χ1n) is 9.23. The van der Waals surface area contributed by atoms with Crippen LogP contribution in [-0.2, 0) is 12.8 Å². The number of fused-ring (bicyclic) bond motifs is 1. The second kappa shape index (κ2) is 9.05. The van der Waals surface area contributed by atoms with Gasteiger partial charge in [-0.3, -0.25) is 4.79 Å². The van der Waals surface area contributed by atoms with Gasteiger partial charge in [-0.15, -0.1) is 0 Å². The van der Waals surface area contributed by atoms with Gasteiger partial charge in [-0.2, -0.15) is 0 Å². The van der Waals surface area contributed by atoms with Gasteiger partial charge in [0.15, 0.2) is 0 Å². The van der Waals surface area contributed by atoms with Crippen LogP contribution >= 0.6 is 11.3 Å². The van der Waals surface area contributed by atoms with Crippen molar-refractivity contribution < 1.29 is 9.52 Å². The molecule has 0 radical (unpaired) electrons. The van der Waals surface area contributed by atoms with Crippen molar-refractivity contribution in [3.05, 3.63) is 51.0 Å². The second-order valence-corrected chi connectivity index (χ2v) is 7.62. The molecule has 0 amide bonds. The predicted octanol–water partition coefficient (Wildman–Crippen LogP) is 4.13. The fourth-order valence-corrected chi connectivity index (χ4v) is 4.04. The van der Waals surface area contributed by atoms with Crippen molar-refractivity contribution in [3.63, 3.8) is 0 Å². The Balaban J connectivity index is 1.30. The number of rotatable bonds is 10. The number of H-pyrrole nitrogens is 1. The van der Waals surface area contributed by atoms with Crippen molar-refractivity contribution in [3.8, 4) is 5.75 Å². The summed E-state index contributed by atoms with van der Waals surface area (Å²) in [6.07, 6.45) is 6.65. The summed E-state index contributed by atoms with van der Waals surface area (Å²) >= 11 is 1.16. The van der Waals surface area contributed by atoms with Gasteiger partial charge in [-0.1, -0.05) is 30.2 Å². The highest BCUT2D eigenvalue weighted by molar-refractivity contribution is 7.16. The highest BCUT2D eigenvalue weighted by atomic mass is 32.1. The van der Waals surface area contributed by atoms with Crippen LogP contribution in [-0.4, -0.2) is 23.2 Å². The van der Waals surface area contributed by atoms with Crippen LogP contribution < -0.4 is 10.2 Å². The maximum atomic E-state index is 11.5. The van der Waals surface area contributed by atoms with E-state index in [0.717, 1.165) is 59.1 Å². The van der Waals surface area contributed by atoms with E-state index in [-0.39, 0.29) is 10.6 Å². The molecule has 5 nitrogen and oxygen atoms in total. The van der Waals surface area contributed by atoms with Crippen molar-refractivity contribution in [2.75, 3.05) is 13.1 Å². The Labute approximate surface area is 157 Å². The molecule has 3 rings (SSSR count). The summed E-state index contributed by atoms with van der Waals surface area (Å²) in [5.41, 5.74) is 1.66. The second-order valence-electron chi connectivity index (χ2n) is 6.64. The third-order valence-electron chi connectivity index (χ3n) is 4.53. The summed E-state index contributed by atoms with van der Waals surface area (Å²) in [6, 6.07) is 7.64. The van der Waals surface area contributed by atoms with Gasteiger partial charge in [-0.25, -0.2) is 0 Å². The number of aromatic amines is 1. The number of hydrogen-bond acceptors (Lipinski definition) is 5. The molecule has 0 aliphatic heterocycles. The lowest BCUT2D eigenvalue weighted by molar-refractivity contribution is 0.470. The average Bonchev–Trinajstić information content (AvgIpc) is 3.21. The minimum atomic E-state index is -0.125. The molecule has 0 saturated carbocycles. The van der Waals surface area contributed by atoms with Crippen LogP contribution in [0.25, 0.3) is 10.2 Å². The lowest BCUT2D eigenvalue weighted by Gasteiger charge is -2.06. The monoisotopic (exact) mass is 374 g/mol. The molecule has 6 heteroatoms. The summed E-state index contributed by atoms with van der Waals surface area (Å²) in [5.74, 6) is 2.22. The van der Waals surface area contributed by atoms with E-state index in [1.165, 1.54) is 25.7 Å². The molecule has 0 fully saturated rings. The van der Waals surface area contributed by atoms with E-state index >= 15 is 0 Å². The summed E-state index contributed by atoms with van der Waals surface area (Å²) in [7, 11) is 0. The van der Waals surface area contributed by atoms with E-state index in [9.17, 15) is 9.90 Å². The Hall–Kier alpha value is -2.05. The fourth-order valence-electron chi connectivity index (χ4n) is 3.14. The molecule has 0 atom stereocenters. The van der Waals surface area contributed by atoms with Crippen LogP contribution in [0.1, 0.15) is 42.8 Å². The highest BCUT2D eigenvalue weighted by Crippen LogP contribution is 2.27. The Kier molecular flexibility index (Phi) is 6.52. The Morgan fingerprint density at radius 3 is 2.73 bits per heavy atom. The lowest BCUT2D eigenvalue weighted by atomic mass is 10.1. The summed E-state index contributed by atoms with van der Waals surface area (Å²) in [4.78, 5) is 14.1. The number of unbranched alkanes of at least 4 members (excludes halogenated alkanes) is 3. The molecule has 3 aromatic rings. The van der Waals surface area contributed by atoms with Crippen LogP contribution in [0.3, 0.4) is 0 Å². The van der Waals surface area contributed by atoms with Gasteiger partial charge >= 0.3 is 4.87 Å². The number of furan rings is 1. The van der Waals surface area contributed by atoms with Crippen molar-refractivity contribution >= 4 is 21.6 Å². The molecule has 0 saturated heterocycles. The lowest BCUT2D eigenvalue weighted by Crippen LogP contribution is -2.18. The van der Waals surface area contributed by atoms with Crippen LogP contribution in [0, 0.1) is 6.92 Å². The van der Waals surface area contributed by atoms with Gasteiger partial charge in [0, 0.05) is 6.42 Å². The first kappa shape index (κ1) is 18.7. The fraction of sp³-hybridized carbons (Fsp3) is 0.450. The molecule has 0 unspecified atom stereocenters. The number of hydrogen-bond donors (Lipinski definition) is 3. The number of benzene rings is 1. The quantitative estimate of drug-likeness (QED) is 0.466. The number of aromatic hydroxyl groups is 1. The number of thiazole rings is 1. The minimum absolute atomic E-state index is 0.125. The summed E-state index contributed by atoms with van der Waals surface area (Å²) < 4.78 is 6.44. The molecule has 0 aliphatic rings. The van der Waals surface area contributed by atoms with Crippen LogP contribution in [0.2, 0.25) is 0 Å². The molecule has 140 valence electrons. The molecule has 26 heavy (non-hydrogen) atoms. The zero-order valence-electron chi connectivity index (χ0n) is 15.1. The maximum absolute atomic E-state index is 11.5. The summed E-state index contributed by atoms with van der Waals surface area (Å²) in [5, 5.41) is 13.3. The SMILES string of the molecule is Cc1ccc(CCCCCCNCCc2ccc(O)c3[nH]c(=O)sc23)o1.